The number of hydrogen-bond acceptors (Lipinski definition) is 2. The Bertz CT molecular complexity index is 441. The van der Waals surface area contributed by atoms with Gasteiger partial charge in [-0.05, 0) is 38.8 Å². The summed E-state index contributed by atoms with van der Waals surface area (Å²) in [4.78, 5) is 0. The maximum atomic E-state index is 9.49. The van der Waals surface area contributed by atoms with Crippen LogP contribution in [0.15, 0.2) is 60.7 Å². The number of aliphatic hydroxyl groups is 2. The van der Waals surface area contributed by atoms with Crippen molar-refractivity contribution in [1.82, 2.24) is 0 Å². The molecule has 0 fully saturated rings. The second kappa shape index (κ2) is 6.69. The molecule has 0 heterocycles. The van der Waals surface area contributed by atoms with Crippen molar-refractivity contribution in [2.75, 3.05) is 0 Å². The van der Waals surface area contributed by atoms with Crippen LogP contribution in [0, 0.1) is 0 Å². The van der Waals surface area contributed by atoms with Crippen molar-refractivity contribution in [3.63, 3.8) is 0 Å². The Morgan fingerprint density at radius 3 is 0.950 bits per heavy atom. The van der Waals surface area contributed by atoms with E-state index in [2.05, 4.69) is 0 Å². The fraction of sp³-hybridized carbons (Fsp3) is 0.333. The Hall–Kier alpha value is -1.64. The van der Waals surface area contributed by atoms with E-state index in [0.717, 1.165) is 11.1 Å². The van der Waals surface area contributed by atoms with E-state index in [1.54, 1.807) is 27.7 Å². The highest BCUT2D eigenvalue weighted by atomic mass is 16.3. The average molecular weight is 272 g/mol. The predicted molar refractivity (Wildman–Crippen MR) is 83.4 cm³/mol. The summed E-state index contributed by atoms with van der Waals surface area (Å²) in [5.74, 6) is 0. The summed E-state index contributed by atoms with van der Waals surface area (Å²) < 4.78 is 0. The SMILES string of the molecule is CC(C)(O)c1ccccc1.CC(C)(O)c1ccccc1. The summed E-state index contributed by atoms with van der Waals surface area (Å²) in [6, 6.07) is 19.2. The Morgan fingerprint density at radius 2 is 0.800 bits per heavy atom. The van der Waals surface area contributed by atoms with E-state index in [-0.39, 0.29) is 0 Å². The van der Waals surface area contributed by atoms with Gasteiger partial charge in [-0.2, -0.15) is 0 Å². The Balaban J connectivity index is 0.000000200. The third-order valence-corrected chi connectivity index (χ3v) is 2.96. The average Bonchev–Trinajstić information content (AvgIpc) is 2.40. The molecule has 0 bridgehead atoms. The lowest BCUT2D eigenvalue weighted by molar-refractivity contribution is 0.0780. The quantitative estimate of drug-likeness (QED) is 0.872. The standard InChI is InChI=1S/2C9H12O/c2*1-9(2,10)8-6-4-3-5-7-8/h2*3-7,10H,1-2H3. The zero-order valence-electron chi connectivity index (χ0n) is 12.7. The van der Waals surface area contributed by atoms with Gasteiger partial charge in [0.15, 0.2) is 0 Å². The summed E-state index contributed by atoms with van der Waals surface area (Å²) in [6.07, 6.45) is 0. The normalized spacial score (nSPS) is 11.5. The van der Waals surface area contributed by atoms with E-state index in [1.165, 1.54) is 0 Å². The highest BCUT2D eigenvalue weighted by Gasteiger charge is 2.14. The first kappa shape index (κ1) is 16.4. The second-order valence-corrected chi connectivity index (χ2v) is 5.85. The van der Waals surface area contributed by atoms with Crippen LogP contribution in [0.4, 0.5) is 0 Å². The van der Waals surface area contributed by atoms with Crippen LogP contribution >= 0.6 is 0 Å². The topological polar surface area (TPSA) is 40.5 Å². The largest absolute Gasteiger partial charge is 0.386 e. The minimum atomic E-state index is -0.707. The minimum absolute atomic E-state index is 0.707. The molecule has 0 aliphatic rings. The molecule has 0 aromatic heterocycles. The van der Waals surface area contributed by atoms with E-state index in [4.69, 9.17) is 0 Å². The summed E-state index contributed by atoms with van der Waals surface area (Å²) >= 11 is 0. The van der Waals surface area contributed by atoms with Crippen molar-refractivity contribution in [3.8, 4) is 0 Å². The van der Waals surface area contributed by atoms with Gasteiger partial charge in [0.2, 0.25) is 0 Å². The van der Waals surface area contributed by atoms with Gasteiger partial charge in [-0.25, -0.2) is 0 Å². The van der Waals surface area contributed by atoms with E-state index in [0.29, 0.717) is 0 Å². The van der Waals surface area contributed by atoms with Crippen LogP contribution in [0.3, 0.4) is 0 Å². The van der Waals surface area contributed by atoms with E-state index in [9.17, 15) is 10.2 Å². The zero-order chi connectivity index (χ0) is 15.2. The monoisotopic (exact) mass is 272 g/mol. The van der Waals surface area contributed by atoms with Crippen LogP contribution in [0.1, 0.15) is 38.8 Å². The van der Waals surface area contributed by atoms with Crippen molar-refractivity contribution < 1.29 is 10.2 Å². The van der Waals surface area contributed by atoms with Gasteiger partial charge in [0, 0.05) is 0 Å². The van der Waals surface area contributed by atoms with Crippen molar-refractivity contribution in [2.24, 2.45) is 0 Å². The molecule has 0 spiro atoms. The fourth-order valence-corrected chi connectivity index (χ4v) is 1.69. The summed E-state index contributed by atoms with van der Waals surface area (Å²) in [6.45, 7) is 7.12. The third-order valence-electron chi connectivity index (χ3n) is 2.96. The lowest BCUT2D eigenvalue weighted by atomic mass is 9.99. The zero-order valence-corrected chi connectivity index (χ0v) is 12.7. The molecule has 0 atom stereocenters. The third kappa shape index (κ3) is 5.55. The molecule has 2 aromatic carbocycles. The molecule has 20 heavy (non-hydrogen) atoms. The van der Waals surface area contributed by atoms with Gasteiger partial charge >= 0.3 is 0 Å². The molecule has 2 rings (SSSR count). The smallest absolute Gasteiger partial charge is 0.0840 e. The molecule has 0 unspecified atom stereocenters. The van der Waals surface area contributed by atoms with Crippen molar-refractivity contribution in [2.45, 2.75) is 38.9 Å². The number of benzene rings is 2. The lowest BCUT2D eigenvalue weighted by Crippen LogP contribution is -2.14. The first-order valence-corrected chi connectivity index (χ1v) is 6.77. The van der Waals surface area contributed by atoms with Crippen molar-refractivity contribution >= 4 is 0 Å². The molecule has 0 saturated heterocycles. The van der Waals surface area contributed by atoms with Gasteiger partial charge in [-0.1, -0.05) is 60.7 Å². The van der Waals surface area contributed by atoms with E-state index in [1.807, 2.05) is 60.7 Å². The first-order chi connectivity index (χ1) is 9.21. The summed E-state index contributed by atoms with van der Waals surface area (Å²) in [5.41, 5.74) is 0.493. The molecular formula is C18H24O2. The number of rotatable bonds is 2. The van der Waals surface area contributed by atoms with Gasteiger partial charge in [0.05, 0.1) is 11.2 Å². The van der Waals surface area contributed by atoms with Crippen LogP contribution in [-0.2, 0) is 11.2 Å². The lowest BCUT2D eigenvalue weighted by Gasteiger charge is -2.16. The molecule has 0 amide bonds. The van der Waals surface area contributed by atoms with Crippen LogP contribution in [0.2, 0.25) is 0 Å². The van der Waals surface area contributed by atoms with Crippen LogP contribution in [0.5, 0.6) is 0 Å². The Labute approximate surface area is 121 Å². The molecule has 0 radical (unpaired) electrons. The van der Waals surface area contributed by atoms with Gasteiger partial charge in [-0.3, -0.25) is 0 Å². The van der Waals surface area contributed by atoms with Gasteiger partial charge in [0.25, 0.3) is 0 Å². The molecule has 2 N–H and O–H groups in total. The van der Waals surface area contributed by atoms with Gasteiger partial charge in [0.1, 0.15) is 0 Å². The molecule has 0 saturated carbocycles. The van der Waals surface area contributed by atoms with Crippen LogP contribution < -0.4 is 0 Å². The summed E-state index contributed by atoms with van der Waals surface area (Å²) in [7, 11) is 0. The highest BCUT2D eigenvalue weighted by molar-refractivity contribution is 5.20. The molecule has 2 heteroatoms. The molecular weight excluding hydrogens is 248 g/mol. The van der Waals surface area contributed by atoms with Crippen molar-refractivity contribution in [3.05, 3.63) is 71.8 Å². The fourth-order valence-electron chi connectivity index (χ4n) is 1.69. The molecule has 2 nitrogen and oxygen atoms in total. The molecule has 108 valence electrons. The molecule has 0 aliphatic carbocycles. The van der Waals surface area contributed by atoms with E-state index >= 15 is 0 Å². The maximum Gasteiger partial charge on any atom is 0.0840 e. The van der Waals surface area contributed by atoms with Crippen molar-refractivity contribution in [1.29, 1.82) is 0 Å². The number of hydrogen-bond donors (Lipinski definition) is 2. The van der Waals surface area contributed by atoms with E-state index < -0.39 is 11.2 Å². The minimum Gasteiger partial charge on any atom is -0.386 e. The molecule has 2 aromatic rings. The van der Waals surface area contributed by atoms with Gasteiger partial charge in [-0.15, -0.1) is 0 Å². The van der Waals surface area contributed by atoms with Crippen LogP contribution in [-0.4, -0.2) is 10.2 Å². The highest BCUT2D eigenvalue weighted by Crippen LogP contribution is 2.18. The first-order valence-electron chi connectivity index (χ1n) is 6.77. The maximum absolute atomic E-state index is 9.49. The van der Waals surface area contributed by atoms with Crippen LogP contribution in [0.25, 0.3) is 0 Å². The summed E-state index contributed by atoms with van der Waals surface area (Å²) in [5, 5.41) is 19.0. The predicted octanol–water partition coefficient (Wildman–Crippen LogP) is 3.83. The van der Waals surface area contributed by atoms with Gasteiger partial charge < -0.3 is 10.2 Å². The molecule has 0 aliphatic heterocycles. The second-order valence-electron chi connectivity index (χ2n) is 5.85. The Morgan fingerprint density at radius 1 is 0.550 bits per heavy atom. The Kier molecular flexibility index (Phi) is 5.49.